The van der Waals surface area contributed by atoms with Crippen LogP contribution < -0.4 is 0 Å². The predicted octanol–water partition coefficient (Wildman–Crippen LogP) is 3.32. The molecule has 21 heavy (non-hydrogen) atoms. The summed E-state index contributed by atoms with van der Waals surface area (Å²) >= 11 is 7.80. The second kappa shape index (κ2) is 7.03. The number of halogens is 1. The summed E-state index contributed by atoms with van der Waals surface area (Å²) in [6.45, 7) is 0.812. The van der Waals surface area contributed by atoms with Crippen molar-refractivity contribution >= 4 is 44.2 Å². The van der Waals surface area contributed by atoms with Crippen molar-refractivity contribution in [1.82, 2.24) is 9.55 Å². The first-order valence-corrected chi connectivity index (χ1v) is 10.5. The molecule has 0 saturated carbocycles. The molecule has 1 aromatic heterocycles. The van der Waals surface area contributed by atoms with Crippen LogP contribution in [0.2, 0.25) is 0 Å². The smallest absolute Gasteiger partial charge is 0.177 e. The number of unbranched alkanes of at least 4 members (excludes halogenated alkanes) is 1. The number of rotatable bonds is 7. The van der Waals surface area contributed by atoms with Gasteiger partial charge in [0.1, 0.15) is 11.3 Å². The Balaban J connectivity index is 2.45. The summed E-state index contributed by atoms with van der Waals surface area (Å²) in [5, 5.41) is 0. The molecule has 0 radical (unpaired) electrons. The third kappa shape index (κ3) is 3.73. The number of benzene rings is 1. The first kappa shape index (κ1) is 16.6. The van der Waals surface area contributed by atoms with Crippen molar-refractivity contribution in [2.24, 2.45) is 0 Å². The van der Waals surface area contributed by atoms with E-state index in [1.807, 2.05) is 22.4 Å². The van der Waals surface area contributed by atoms with Crippen LogP contribution in [0.25, 0.3) is 11.0 Å². The number of alkyl halides is 1. The van der Waals surface area contributed by atoms with Gasteiger partial charge >= 0.3 is 0 Å². The van der Waals surface area contributed by atoms with E-state index in [2.05, 4.69) is 11.2 Å². The molecule has 0 bridgehead atoms. The molecule has 0 amide bonds. The van der Waals surface area contributed by atoms with Crippen LogP contribution in [-0.2, 0) is 22.3 Å². The number of hydrogen-bond acceptors (Lipinski definition) is 4. The zero-order chi connectivity index (χ0) is 15.5. The van der Waals surface area contributed by atoms with Gasteiger partial charge in [-0.2, -0.15) is 11.8 Å². The Morgan fingerprint density at radius 1 is 1.33 bits per heavy atom. The van der Waals surface area contributed by atoms with E-state index in [0.717, 1.165) is 36.5 Å². The molecule has 1 aromatic carbocycles. The van der Waals surface area contributed by atoms with Crippen molar-refractivity contribution < 1.29 is 8.42 Å². The standard InChI is InChI=1S/C14H19ClN2O2S2/c1-20-9-4-3-8-17-11-6-5-7-12(21(2,18)19)14(11)16-13(17)10-15/h5-7H,3-4,8-10H2,1-2H3. The van der Waals surface area contributed by atoms with E-state index in [1.165, 1.54) is 6.26 Å². The fourth-order valence-corrected chi connectivity index (χ4v) is 3.86. The van der Waals surface area contributed by atoms with Crippen molar-refractivity contribution in [3.05, 3.63) is 24.0 Å². The molecule has 0 atom stereocenters. The molecule has 0 aliphatic heterocycles. The summed E-state index contributed by atoms with van der Waals surface area (Å²) in [5.41, 5.74) is 1.37. The molecule has 0 saturated heterocycles. The van der Waals surface area contributed by atoms with Crippen LogP contribution >= 0.6 is 23.4 Å². The number of imidazole rings is 1. The number of aryl methyl sites for hydroxylation is 1. The van der Waals surface area contributed by atoms with E-state index < -0.39 is 9.84 Å². The van der Waals surface area contributed by atoms with Crippen molar-refractivity contribution in [3.63, 3.8) is 0 Å². The van der Waals surface area contributed by atoms with Gasteiger partial charge in [0.05, 0.1) is 16.3 Å². The SMILES string of the molecule is CSCCCCn1c(CCl)nc2c(S(C)(=O)=O)cccc21. The van der Waals surface area contributed by atoms with Gasteiger partial charge in [0, 0.05) is 12.8 Å². The van der Waals surface area contributed by atoms with Crippen molar-refractivity contribution in [2.45, 2.75) is 30.2 Å². The summed E-state index contributed by atoms with van der Waals surface area (Å²) in [5.74, 6) is 2.13. The lowest BCUT2D eigenvalue weighted by atomic mass is 10.3. The average Bonchev–Trinajstić information content (AvgIpc) is 2.80. The highest BCUT2D eigenvalue weighted by Gasteiger charge is 2.18. The lowest BCUT2D eigenvalue weighted by Crippen LogP contribution is -2.03. The van der Waals surface area contributed by atoms with Gasteiger partial charge in [-0.25, -0.2) is 13.4 Å². The Bertz CT molecular complexity index is 726. The minimum atomic E-state index is -3.29. The monoisotopic (exact) mass is 346 g/mol. The Morgan fingerprint density at radius 3 is 2.71 bits per heavy atom. The molecule has 116 valence electrons. The first-order valence-electron chi connectivity index (χ1n) is 6.72. The number of para-hydroxylation sites is 1. The highest BCUT2D eigenvalue weighted by molar-refractivity contribution is 7.98. The maximum Gasteiger partial charge on any atom is 0.177 e. The molecule has 0 fully saturated rings. The minimum Gasteiger partial charge on any atom is -0.327 e. The fourth-order valence-electron chi connectivity index (χ4n) is 2.34. The van der Waals surface area contributed by atoms with Crippen LogP contribution in [0.1, 0.15) is 18.7 Å². The third-order valence-electron chi connectivity index (χ3n) is 3.32. The fraction of sp³-hybridized carbons (Fsp3) is 0.500. The summed E-state index contributed by atoms with van der Waals surface area (Å²) in [4.78, 5) is 4.72. The molecule has 0 aliphatic carbocycles. The molecule has 0 unspecified atom stereocenters. The maximum atomic E-state index is 11.9. The van der Waals surface area contributed by atoms with Gasteiger partial charge < -0.3 is 4.57 Å². The second-order valence-corrected chi connectivity index (χ2v) is 8.15. The molecule has 2 aromatic rings. The van der Waals surface area contributed by atoms with Gasteiger partial charge in [-0.05, 0) is 37.0 Å². The molecule has 0 aliphatic rings. The molecular weight excluding hydrogens is 328 g/mol. The highest BCUT2D eigenvalue weighted by atomic mass is 35.5. The molecule has 2 rings (SSSR count). The Hall–Kier alpha value is -0.720. The molecule has 7 heteroatoms. The molecule has 0 N–H and O–H groups in total. The number of aromatic nitrogens is 2. The van der Waals surface area contributed by atoms with Gasteiger partial charge in [0.2, 0.25) is 0 Å². The van der Waals surface area contributed by atoms with E-state index in [1.54, 1.807) is 12.1 Å². The summed E-state index contributed by atoms with van der Waals surface area (Å²) in [6.07, 6.45) is 5.45. The lowest BCUT2D eigenvalue weighted by Gasteiger charge is -2.07. The van der Waals surface area contributed by atoms with Crippen molar-refractivity contribution in [2.75, 3.05) is 18.3 Å². The van der Waals surface area contributed by atoms with E-state index in [-0.39, 0.29) is 10.8 Å². The maximum absolute atomic E-state index is 11.9. The Kier molecular flexibility index (Phi) is 5.57. The Morgan fingerprint density at radius 2 is 2.10 bits per heavy atom. The lowest BCUT2D eigenvalue weighted by molar-refractivity contribution is 0.602. The molecule has 4 nitrogen and oxygen atoms in total. The van der Waals surface area contributed by atoms with Crippen LogP contribution in [0.5, 0.6) is 0 Å². The van der Waals surface area contributed by atoms with Gasteiger partial charge in [-0.15, -0.1) is 11.6 Å². The Labute approximate surface area is 134 Å². The molecular formula is C14H19ClN2O2S2. The minimum absolute atomic E-state index is 0.272. The van der Waals surface area contributed by atoms with Gasteiger partial charge in [0.15, 0.2) is 9.84 Å². The number of thioether (sulfide) groups is 1. The predicted molar refractivity (Wildman–Crippen MR) is 90.0 cm³/mol. The van der Waals surface area contributed by atoms with Crippen LogP contribution in [0.4, 0.5) is 0 Å². The molecule has 1 heterocycles. The second-order valence-electron chi connectivity index (χ2n) is 4.91. The topological polar surface area (TPSA) is 52.0 Å². The summed E-state index contributed by atoms with van der Waals surface area (Å²) in [7, 11) is -3.29. The number of nitrogens with zero attached hydrogens (tertiary/aromatic N) is 2. The third-order valence-corrected chi connectivity index (χ3v) is 5.38. The highest BCUT2D eigenvalue weighted by Crippen LogP contribution is 2.25. The average molecular weight is 347 g/mol. The van der Waals surface area contributed by atoms with E-state index in [9.17, 15) is 8.42 Å². The normalized spacial score (nSPS) is 12.1. The largest absolute Gasteiger partial charge is 0.327 e. The zero-order valence-electron chi connectivity index (χ0n) is 12.2. The van der Waals surface area contributed by atoms with Crippen LogP contribution in [0.3, 0.4) is 0 Å². The summed E-state index contributed by atoms with van der Waals surface area (Å²) in [6, 6.07) is 5.26. The van der Waals surface area contributed by atoms with Crippen LogP contribution in [-0.4, -0.2) is 36.2 Å². The molecule has 0 spiro atoms. The van der Waals surface area contributed by atoms with Crippen molar-refractivity contribution in [3.8, 4) is 0 Å². The summed E-state index contributed by atoms with van der Waals surface area (Å²) < 4.78 is 25.8. The van der Waals surface area contributed by atoms with E-state index in [0.29, 0.717) is 5.52 Å². The number of hydrogen-bond donors (Lipinski definition) is 0. The van der Waals surface area contributed by atoms with E-state index in [4.69, 9.17) is 11.6 Å². The van der Waals surface area contributed by atoms with Crippen LogP contribution in [0, 0.1) is 0 Å². The van der Waals surface area contributed by atoms with Gasteiger partial charge in [-0.1, -0.05) is 6.07 Å². The van der Waals surface area contributed by atoms with Gasteiger partial charge in [0.25, 0.3) is 0 Å². The van der Waals surface area contributed by atoms with Crippen molar-refractivity contribution in [1.29, 1.82) is 0 Å². The number of sulfone groups is 1. The first-order chi connectivity index (χ1) is 9.99. The van der Waals surface area contributed by atoms with Crippen LogP contribution in [0.15, 0.2) is 23.1 Å². The van der Waals surface area contributed by atoms with Gasteiger partial charge in [-0.3, -0.25) is 0 Å². The zero-order valence-corrected chi connectivity index (χ0v) is 14.6. The number of fused-ring (bicyclic) bond motifs is 1. The quantitative estimate of drug-likeness (QED) is 0.570. The van der Waals surface area contributed by atoms with E-state index >= 15 is 0 Å².